The third-order valence-corrected chi connectivity index (χ3v) is 3.82. The number of nitrogens with zero attached hydrogens (tertiary/aromatic N) is 3. The van der Waals surface area contributed by atoms with Crippen molar-refractivity contribution in [1.29, 1.82) is 0 Å². The van der Waals surface area contributed by atoms with Gasteiger partial charge in [0.05, 0.1) is 6.20 Å². The first-order valence-corrected chi connectivity index (χ1v) is 7.55. The van der Waals surface area contributed by atoms with Crippen molar-refractivity contribution in [2.75, 3.05) is 18.0 Å². The van der Waals surface area contributed by atoms with Crippen LogP contribution in [-0.4, -0.2) is 35.0 Å². The number of piperidine rings is 1. The van der Waals surface area contributed by atoms with E-state index in [4.69, 9.17) is 4.42 Å². The molecule has 1 aliphatic rings. The molecule has 2 aromatic rings. The lowest BCUT2D eigenvalue weighted by Crippen LogP contribution is -2.45. The van der Waals surface area contributed by atoms with E-state index in [1.165, 1.54) is 12.1 Å². The van der Waals surface area contributed by atoms with Crippen LogP contribution in [0.3, 0.4) is 0 Å². The number of hydrogen-bond donors (Lipinski definition) is 1. The maximum Gasteiger partial charge on any atom is 0.287 e. The molecular formula is C16H18N4O3. The van der Waals surface area contributed by atoms with Crippen LogP contribution in [-0.2, 0) is 0 Å². The van der Waals surface area contributed by atoms with Crippen molar-refractivity contribution < 1.29 is 9.21 Å². The second-order valence-corrected chi connectivity index (χ2v) is 5.57. The molecule has 7 heteroatoms. The minimum Gasteiger partial charge on any atom is -0.456 e. The van der Waals surface area contributed by atoms with Gasteiger partial charge < -0.3 is 14.6 Å². The quantitative estimate of drug-likeness (QED) is 0.914. The molecule has 0 unspecified atom stereocenters. The Balaban J connectivity index is 1.58. The fraction of sp³-hybridized carbons (Fsp3) is 0.375. The van der Waals surface area contributed by atoms with E-state index in [9.17, 15) is 9.59 Å². The van der Waals surface area contributed by atoms with Crippen molar-refractivity contribution in [3.05, 3.63) is 52.5 Å². The Morgan fingerprint density at radius 2 is 2.09 bits per heavy atom. The van der Waals surface area contributed by atoms with Crippen LogP contribution in [0.4, 0.5) is 5.82 Å². The molecule has 23 heavy (non-hydrogen) atoms. The summed E-state index contributed by atoms with van der Waals surface area (Å²) >= 11 is 0. The van der Waals surface area contributed by atoms with E-state index >= 15 is 0 Å². The molecule has 3 heterocycles. The van der Waals surface area contributed by atoms with Crippen LogP contribution in [0, 0.1) is 6.92 Å². The molecule has 1 fully saturated rings. The summed E-state index contributed by atoms with van der Waals surface area (Å²) in [6, 6.07) is 2.63. The summed E-state index contributed by atoms with van der Waals surface area (Å²) < 4.78 is 5.31. The lowest BCUT2D eigenvalue weighted by molar-refractivity contribution is 0.0898. The van der Waals surface area contributed by atoms with Crippen molar-refractivity contribution in [3.63, 3.8) is 0 Å². The first-order chi connectivity index (χ1) is 11.1. The van der Waals surface area contributed by atoms with Gasteiger partial charge in [-0.2, -0.15) is 0 Å². The average molecular weight is 314 g/mol. The number of anilines is 1. The topological polar surface area (TPSA) is 88.3 Å². The average Bonchev–Trinajstić information content (AvgIpc) is 2.55. The molecule has 0 spiro atoms. The first-order valence-electron chi connectivity index (χ1n) is 7.55. The van der Waals surface area contributed by atoms with E-state index in [-0.39, 0.29) is 23.1 Å². The Labute approximate surface area is 133 Å². The van der Waals surface area contributed by atoms with Crippen LogP contribution in [0.1, 0.15) is 29.2 Å². The van der Waals surface area contributed by atoms with Crippen molar-refractivity contribution in [2.45, 2.75) is 25.8 Å². The molecule has 1 saturated heterocycles. The Morgan fingerprint density at radius 3 is 2.74 bits per heavy atom. The first kappa shape index (κ1) is 15.2. The van der Waals surface area contributed by atoms with Gasteiger partial charge in [0, 0.05) is 43.7 Å². The van der Waals surface area contributed by atoms with Gasteiger partial charge in [0.25, 0.3) is 5.91 Å². The van der Waals surface area contributed by atoms with Gasteiger partial charge in [-0.1, -0.05) is 0 Å². The summed E-state index contributed by atoms with van der Waals surface area (Å²) in [7, 11) is 0. The number of carbonyl (C=O) groups excluding carboxylic acids is 1. The number of aryl methyl sites for hydroxylation is 1. The molecule has 0 aromatic carbocycles. The largest absolute Gasteiger partial charge is 0.456 e. The molecule has 120 valence electrons. The van der Waals surface area contributed by atoms with E-state index in [0.29, 0.717) is 5.76 Å². The number of nitrogens with one attached hydrogen (secondary N) is 1. The summed E-state index contributed by atoms with van der Waals surface area (Å²) in [5.74, 6) is 0.997. The number of hydrogen-bond acceptors (Lipinski definition) is 6. The third-order valence-electron chi connectivity index (χ3n) is 3.82. The molecule has 0 atom stereocenters. The van der Waals surface area contributed by atoms with E-state index in [1.807, 2.05) is 0 Å². The predicted molar refractivity (Wildman–Crippen MR) is 84.4 cm³/mol. The molecule has 0 bridgehead atoms. The SMILES string of the molecule is Cc1cc(=O)cc(C(=O)NC2CCN(c3cnccn3)CC2)o1. The molecule has 0 radical (unpaired) electrons. The summed E-state index contributed by atoms with van der Waals surface area (Å²) in [6.45, 7) is 3.24. The van der Waals surface area contributed by atoms with Crippen LogP contribution in [0.25, 0.3) is 0 Å². The summed E-state index contributed by atoms with van der Waals surface area (Å²) in [6.07, 6.45) is 6.66. The van der Waals surface area contributed by atoms with Gasteiger partial charge in [-0.05, 0) is 19.8 Å². The lowest BCUT2D eigenvalue weighted by Gasteiger charge is -2.32. The van der Waals surface area contributed by atoms with Gasteiger partial charge in [-0.3, -0.25) is 14.6 Å². The summed E-state index contributed by atoms with van der Waals surface area (Å²) in [5, 5.41) is 2.93. The van der Waals surface area contributed by atoms with Gasteiger partial charge in [-0.25, -0.2) is 4.98 Å². The van der Waals surface area contributed by atoms with Crippen LogP contribution < -0.4 is 15.6 Å². The number of amides is 1. The van der Waals surface area contributed by atoms with Crippen molar-refractivity contribution >= 4 is 11.7 Å². The van der Waals surface area contributed by atoms with Gasteiger partial charge in [-0.15, -0.1) is 0 Å². The van der Waals surface area contributed by atoms with Crippen molar-refractivity contribution in [2.24, 2.45) is 0 Å². The minimum atomic E-state index is -0.344. The zero-order chi connectivity index (χ0) is 16.2. The van der Waals surface area contributed by atoms with Crippen LogP contribution in [0.15, 0.2) is 39.9 Å². The van der Waals surface area contributed by atoms with E-state index in [1.54, 1.807) is 25.5 Å². The highest BCUT2D eigenvalue weighted by Crippen LogP contribution is 2.16. The van der Waals surface area contributed by atoms with Crippen LogP contribution in [0.2, 0.25) is 0 Å². The number of rotatable bonds is 3. The van der Waals surface area contributed by atoms with Crippen LogP contribution >= 0.6 is 0 Å². The van der Waals surface area contributed by atoms with Gasteiger partial charge in [0.15, 0.2) is 11.2 Å². The zero-order valence-electron chi connectivity index (χ0n) is 12.9. The molecule has 0 saturated carbocycles. The maximum atomic E-state index is 12.2. The molecule has 7 nitrogen and oxygen atoms in total. The normalized spacial score (nSPS) is 15.4. The van der Waals surface area contributed by atoms with Crippen molar-refractivity contribution in [3.8, 4) is 0 Å². The zero-order valence-corrected chi connectivity index (χ0v) is 12.9. The van der Waals surface area contributed by atoms with Crippen molar-refractivity contribution in [1.82, 2.24) is 15.3 Å². The molecule has 1 amide bonds. The molecule has 2 aromatic heterocycles. The monoisotopic (exact) mass is 314 g/mol. The Bertz CT molecular complexity index is 736. The Hall–Kier alpha value is -2.70. The highest BCUT2D eigenvalue weighted by Gasteiger charge is 2.23. The number of aromatic nitrogens is 2. The second kappa shape index (κ2) is 6.60. The van der Waals surface area contributed by atoms with Gasteiger partial charge in [0.2, 0.25) is 0 Å². The van der Waals surface area contributed by atoms with E-state index in [2.05, 4.69) is 20.2 Å². The Morgan fingerprint density at radius 1 is 1.30 bits per heavy atom. The van der Waals surface area contributed by atoms with E-state index < -0.39 is 0 Å². The highest BCUT2D eigenvalue weighted by molar-refractivity contribution is 5.91. The molecule has 1 N–H and O–H groups in total. The fourth-order valence-electron chi connectivity index (χ4n) is 2.68. The van der Waals surface area contributed by atoms with Gasteiger partial charge >= 0.3 is 0 Å². The number of carbonyl (C=O) groups is 1. The maximum absolute atomic E-state index is 12.2. The minimum absolute atomic E-state index is 0.0567. The molecule has 1 aliphatic heterocycles. The smallest absolute Gasteiger partial charge is 0.287 e. The predicted octanol–water partition coefficient (Wildman–Crippen LogP) is 1.14. The van der Waals surface area contributed by atoms with E-state index in [0.717, 1.165) is 31.7 Å². The molecule has 0 aliphatic carbocycles. The third kappa shape index (κ3) is 3.74. The summed E-state index contributed by atoms with van der Waals surface area (Å²) in [5.41, 5.74) is -0.226. The van der Waals surface area contributed by atoms with Crippen LogP contribution in [0.5, 0.6) is 0 Å². The van der Waals surface area contributed by atoms with Gasteiger partial charge in [0.1, 0.15) is 11.6 Å². The lowest BCUT2D eigenvalue weighted by atomic mass is 10.0. The highest BCUT2D eigenvalue weighted by atomic mass is 16.3. The Kier molecular flexibility index (Phi) is 4.36. The fourth-order valence-corrected chi connectivity index (χ4v) is 2.68. The molecule has 3 rings (SSSR count). The summed E-state index contributed by atoms with van der Waals surface area (Å²) in [4.78, 5) is 34.1. The standard InChI is InChI=1S/C16H18N4O3/c1-11-8-13(21)9-14(23-11)16(22)19-12-2-6-20(7-3-12)15-10-17-4-5-18-15/h4-5,8-10,12H,2-3,6-7H2,1H3,(H,19,22). The second-order valence-electron chi connectivity index (χ2n) is 5.57. The molecular weight excluding hydrogens is 296 g/mol.